The minimum absolute atomic E-state index is 0.0332. The largest absolute Gasteiger partial charge is 0.477 e. The van der Waals surface area contributed by atoms with Crippen LogP contribution < -0.4 is 0 Å². The summed E-state index contributed by atoms with van der Waals surface area (Å²) in [5.74, 6) is -2.30. The average molecular weight is 344 g/mol. The number of hydrogen-bond acceptors (Lipinski definition) is 1. The van der Waals surface area contributed by atoms with Crippen molar-refractivity contribution < 1.29 is 18.7 Å². The first kappa shape index (κ1) is 14.7. The van der Waals surface area contributed by atoms with Gasteiger partial charge in [0.2, 0.25) is 0 Å². The van der Waals surface area contributed by atoms with E-state index in [-0.39, 0.29) is 15.7 Å². The lowest BCUT2D eigenvalue weighted by molar-refractivity contribution is 0.0685. The Morgan fingerprint density at radius 3 is 2.60 bits per heavy atom. The molecule has 1 aromatic carbocycles. The normalized spacial score (nSPS) is 10.8. The molecule has 2 rings (SSSR count). The predicted octanol–water partition coefficient (Wildman–Crippen LogP) is 4.30. The second kappa shape index (κ2) is 5.75. The van der Waals surface area contributed by atoms with Gasteiger partial charge in [-0.25, -0.2) is 13.6 Å². The molecule has 0 bridgehead atoms. The number of benzene rings is 1. The van der Waals surface area contributed by atoms with Gasteiger partial charge in [-0.2, -0.15) is 0 Å². The van der Waals surface area contributed by atoms with Gasteiger partial charge in [0.1, 0.15) is 17.3 Å². The Labute approximate surface area is 123 Å². The van der Waals surface area contributed by atoms with Gasteiger partial charge >= 0.3 is 5.97 Å². The Balaban J connectivity index is 2.63. The summed E-state index contributed by atoms with van der Waals surface area (Å²) in [4.78, 5) is 11.2. The van der Waals surface area contributed by atoms with Crippen molar-refractivity contribution in [2.45, 2.75) is 19.9 Å². The predicted molar refractivity (Wildman–Crippen MR) is 74.7 cm³/mol. The van der Waals surface area contributed by atoms with E-state index in [2.05, 4.69) is 15.9 Å². The van der Waals surface area contributed by atoms with Crippen molar-refractivity contribution in [3.63, 3.8) is 0 Å². The molecule has 106 valence electrons. The number of aromatic nitrogens is 1. The molecule has 6 heteroatoms. The molecule has 0 aliphatic rings. The minimum atomic E-state index is -1.09. The van der Waals surface area contributed by atoms with Crippen LogP contribution in [0.1, 0.15) is 23.8 Å². The van der Waals surface area contributed by atoms with Gasteiger partial charge in [-0.3, -0.25) is 0 Å². The maximum Gasteiger partial charge on any atom is 0.352 e. The molecule has 0 aliphatic carbocycles. The second-order valence-electron chi connectivity index (χ2n) is 4.31. The highest BCUT2D eigenvalue weighted by Crippen LogP contribution is 2.29. The van der Waals surface area contributed by atoms with Crippen LogP contribution >= 0.6 is 15.9 Å². The second-order valence-corrected chi connectivity index (χ2v) is 5.16. The van der Waals surface area contributed by atoms with Crippen molar-refractivity contribution in [1.29, 1.82) is 0 Å². The molecule has 0 saturated carbocycles. The van der Waals surface area contributed by atoms with Crippen molar-refractivity contribution in [2.75, 3.05) is 0 Å². The lowest BCUT2D eigenvalue weighted by atomic mass is 10.1. The summed E-state index contributed by atoms with van der Waals surface area (Å²) < 4.78 is 29.1. The van der Waals surface area contributed by atoms with Gasteiger partial charge in [-0.1, -0.05) is 6.92 Å². The van der Waals surface area contributed by atoms with E-state index < -0.39 is 17.6 Å². The Hall–Kier alpha value is -1.69. The highest BCUT2D eigenvalue weighted by Gasteiger charge is 2.18. The number of halogens is 3. The first-order valence-electron chi connectivity index (χ1n) is 6.03. The zero-order chi connectivity index (χ0) is 14.9. The Bertz CT molecular complexity index is 667. The molecular weight excluding hydrogens is 332 g/mol. The zero-order valence-corrected chi connectivity index (χ0v) is 12.2. The van der Waals surface area contributed by atoms with Crippen LogP contribution in [0.2, 0.25) is 0 Å². The lowest BCUT2D eigenvalue weighted by Gasteiger charge is -2.12. The highest BCUT2D eigenvalue weighted by molar-refractivity contribution is 9.10. The topological polar surface area (TPSA) is 42.2 Å². The van der Waals surface area contributed by atoms with Crippen LogP contribution in [0.25, 0.3) is 11.3 Å². The molecule has 0 aliphatic heterocycles. The first-order chi connectivity index (χ1) is 9.45. The maximum absolute atomic E-state index is 14.0. The van der Waals surface area contributed by atoms with Crippen LogP contribution in [0.3, 0.4) is 0 Å². The van der Waals surface area contributed by atoms with E-state index >= 15 is 0 Å². The van der Waals surface area contributed by atoms with Crippen molar-refractivity contribution in [2.24, 2.45) is 0 Å². The van der Waals surface area contributed by atoms with Gasteiger partial charge in [0.05, 0.1) is 10.2 Å². The molecular formula is C14H12BrF2NO2. The van der Waals surface area contributed by atoms with E-state index in [9.17, 15) is 13.6 Å². The van der Waals surface area contributed by atoms with E-state index in [1.807, 2.05) is 6.92 Å². The number of carboxylic acid groups (broad SMARTS) is 1. The smallest absolute Gasteiger partial charge is 0.352 e. The van der Waals surface area contributed by atoms with Gasteiger partial charge in [0, 0.05) is 12.1 Å². The Morgan fingerprint density at radius 2 is 2.00 bits per heavy atom. The molecule has 0 fully saturated rings. The third-order valence-corrected chi connectivity index (χ3v) is 3.54. The molecule has 20 heavy (non-hydrogen) atoms. The fraction of sp³-hybridized carbons (Fsp3) is 0.214. The molecule has 1 heterocycles. The lowest BCUT2D eigenvalue weighted by Crippen LogP contribution is -2.10. The van der Waals surface area contributed by atoms with Crippen LogP contribution in [0.4, 0.5) is 8.78 Å². The number of hydrogen-bond donors (Lipinski definition) is 1. The first-order valence-corrected chi connectivity index (χ1v) is 6.82. The fourth-order valence-electron chi connectivity index (χ4n) is 2.07. The number of aromatic carboxylic acids is 1. The van der Waals surface area contributed by atoms with E-state index in [0.717, 1.165) is 12.1 Å². The van der Waals surface area contributed by atoms with Gasteiger partial charge < -0.3 is 9.67 Å². The molecule has 1 aromatic heterocycles. The summed E-state index contributed by atoms with van der Waals surface area (Å²) in [6, 6.07) is 4.98. The SMILES string of the molecule is CCCn1c(C(=O)O)ccc1-c1cc(F)c(Br)cc1F. The van der Waals surface area contributed by atoms with E-state index in [0.29, 0.717) is 18.7 Å². The molecule has 0 saturated heterocycles. The van der Waals surface area contributed by atoms with Gasteiger partial charge in [0.25, 0.3) is 0 Å². The molecule has 1 N–H and O–H groups in total. The molecule has 0 radical (unpaired) electrons. The van der Waals surface area contributed by atoms with Crippen LogP contribution in [0, 0.1) is 11.6 Å². The molecule has 0 atom stereocenters. The summed E-state index contributed by atoms with van der Waals surface area (Å²) in [5, 5.41) is 9.12. The van der Waals surface area contributed by atoms with Crippen LogP contribution in [-0.2, 0) is 6.54 Å². The van der Waals surface area contributed by atoms with E-state index in [4.69, 9.17) is 5.11 Å². The zero-order valence-electron chi connectivity index (χ0n) is 10.7. The average Bonchev–Trinajstić information content (AvgIpc) is 2.78. The number of nitrogens with zero attached hydrogens (tertiary/aromatic N) is 1. The third-order valence-electron chi connectivity index (χ3n) is 2.93. The van der Waals surface area contributed by atoms with Crippen molar-refractivity contribution in [3.05, 3.63) is 46.1 Å². The monoisotopic (exact) mass is 343 g/mol. The number of rotatable bonds is 4. The molecule has 0 amide bonds. The standard InChI is InChI=1S/C14H12BrF2NO2/c1-2-5-18-12(3-4-13(18)14(19)20)8-6-11(17)9(15)7-10(8)16/h3-4,6-7H,2,5H2,1H3,(H,19,20). The molecule has 3 nitrogen and oxygen atoms in total. The van der Waals surface area contributed by atoms with Crippen molar-refractivity contribution >= 4 is 21.9 Å². The maximum atomic E-state index is 14.0. The van der Waals surface area contributed by atoms with Crippen molar-refractivity contribution in [3.8, 4) is 11.3 Å². The third kappa shape index (κ3) is 2.60. The van der Waals surface area contributed by atoms with Crippen LogP contribution in [-0.4, -0.2) is 15.6 Å². The Kier molecular flexibility index (Phi) is 4.23. The van der Waals surface area contributed by atoms with Gasteiger partial charge in [0.15, 0.2) is 0 Å². The quantitative estimate of drug-likeness (QED) is 0.840. The van der Waals surface area contributed by atoms with Crippen LogP contribution in [0.15, 0.2) is 28.7 Å². The van der Waals surface area contributed by atoms with Gasteiger partial charge in [-0.15, -0.1) is 0 Å². The van der Waals surface area contributed by atoms with Crippen LogP contribution in [0.5, 0.6) is 0 Å². The summed E-state index contributed by atoms with van der Waals surface area (Å²) in [5.41, 5.74) is 0.462. The summed E-state index contributed by atoms with van der Waals surface area (Å²) in [7, 11) is 0. The van der Waals surface area contributed by atoms with E-state index in [1.165, 1.54) is 16.7 Å². The summed E-state index contributed by atoms with van der Waals surface area (Å²) in [6.45, 7) is 2.30. The minimum Gasteiger partial charge on any atom is -0.477 e. The Morgan fingerprint density at radius 1 is 1.30 bits per heavy atom. The number of carbonyl (C=O) groups is 1. The molecule has 0 unspecified atom stereocenters. The van der Waals surface area contributed by atoms with Gasteiger partial charge in [-0.05, 0) is 46.6 Å². The highest BCUT2D eigenvalue weighted by atomic mass is 79.9. The summed E-state index contributed by atoms with van der Waals surface area (Å²) in [6.07, 6.45) is 0.683. The number of carboxylic acids is 1. The summed E-state index contributed by atoms with van der Waals surface area (Å²) >= 11 is 2.91. The molecule has 0 spiro atoms. The fourth-order valence-corrected chi connectivity index (χ4v) is 2.39. The van der Waals surface area contributed by atoms with Crippen molar-refractivity contribution in [1.82, 2.24) is 4.57 Å². The molecule has 2 aromatic rings. The van der Waals surface area contributed by atoms with E-state index in [1.54, 1.807) is 0 Å².